The lowest BCUT2D eigenvalue weighted by atomic mass is 9.92. The molecule has 0 unspecified atom stereocenters. The Bertz CT molecular complexity index is 1250. The van der Waals surface area contributed by atoms with Crippen molar-refractivity contribution in [3.63, 3.8) is 0 Å². The number of nitrogens with zero attached hydrogens (tertiary/aromatic N) is 1. The van der Waals surface area contributed by atoms with Gasteiger partial charge in [-0.2, -0.15) is 0 Å². The monoisotopic (exact) mass is 332 g/mol. The Labute approximate surface area is 150 Å². The van der Waals surface area contributed by atoms with Gasteiger partial charge in [-0.3, -0.25) is 0 Å². The van der Waals surface area contributed by atoms with Gasteiger partial charge in [-0.15, -0.1) is 0 Å². The molecular weight excluding hydrogens is 309 g/mol. The van der Waals surface area contributed by atoms with Crippen molar-refractivity contribution in [1.82, 2.24) is 0 Å². The highest BCUT2D eigenvalue weighted by molar-refractivity contribution is 6.12. The molecule has 0 saturated carbocycles. The minimum absolute atomic E-state index is 0.145. The molecule has 3 aromatic carbocycles. The van der Waals surface area contributed by atoms with E-state index in [1.54, 1.807) is 10.6 Å². The first-order chi connectivity index (χ1) is 12.8. The van der Waals surface area contributed by atoms with Crippen molar-refractivity contribution in [2.45, 2.75) is 20.8 Å². The van der Waals surface area contributed by atoms with Crippen molar-refractivity contribution >= 4 is 21.5 Å². The normalized spacial score (nSPS) is 12.5. The third-order valence-electron chi connectivity index (χ3n) is 4.98. The molecule has 0 aliphatic rings. The second kappa shape index (κ2) is 5.66. The first-order valence-corrected chi connectivity index (χ1v) is 8.39. The molecule has 2 heteroatoms. The van der Waals surface area contributed by atoms with E-state index in [-0.39, 0.29) is 18.0 Å². The maximum absolute atomic E-state index is 14.1. The number of halogens is 1. The van der Waals surface area contributed by atoms with Crippen LogP contribution in [0.1, 0.15) is 19.4 Å². The number of benzene rings is 3. The summed E-state index contributed by atoms with van der Waals surface area (Å²) in [5.41, 5.74) is 5.31. The number of hydrogen-bond acceptors (Lipinski definition) is 0. The van der Waals surface area contributed by atoms with Crippen LogP contribution in [0, 0.1) is 26.6 Å². The van der Waals surface area contributed by atoms with Gasteiger partial charge in [-0.25, -0.2) is 8.96 Å². The Morgan fingerprint density at radius 2 is 1.68 bits per heavy atom. The van der Waals surface area contributed by atoms with E-state index in [1.807, 2.05) is 19.2 Å². The number of aryl methyl sites for hydroxylation is 2. The van der Waals surface area contributed by atoms with E-state index in [9.17, 15) is 4.39 Å². The van der Waals surface area contributed by atoms with E-state index in [0.717, 1.165) is 38.5 Å². The molecule has 0 fully saturated rings. The lowest BCUT2D eigenvalue weighted by Crippen LogP contribution is -2.31. The van der Waals surface area contributed by atoms with Gasteiger partial charge in [-0.05, 0) is 66.3 Å². The molecule has 0 aliphatic carbocycles. The van der Waals surface area contributed by atoms with E-state index in [4.69, 9.17) is 2.74 Å². The molecular formula is C23H21FN+. The quantitative estimate of drug-likeness (QED) is 0.318. The van der Waals surface area contributed by atoms with Crippen LogP contribution in [0.25, 0.3) is 32.8 Å². The fourth-order valence-corrected chi connectivity index (χ4v) is 3.62. The second-order valence-corrected chi connectivity index (χ2v) is 6.75. The second-order valence-electron chi connectivity index (χ2n) is 6.75. The number of pyridine rings is 1. The van der Waals surface area contributed by atoms with E-state index in [1.165, 1.54) is 17.7 Å². The van der Waals surface area contributed by atoms with Gasteiger partial charge in [0.15, 0.2) is 6.17 Å². The van der Waals surface area contributed by atoms with Crippen LogP contribution in [0.5, 0.6) is 0 Å². The van der Waals surface area contributed by atoms with Crippen molar-refractivity contribution in [3.05, 3.63) is 77.2 Å². The van der Waals surface area contributed by atoms with Gasteiger partial charge in [0.25, 0.3) is 0 Å². The lowest BCUT2D eigenvalue weighted by Gasteiger charge is -2.13. The van der Waals surface area contributed by atoms with Crippen LogP contribution in [0.4, 0.5) is 4.39 Å². The summed E-state index contributed by atoms with van der Waals surface area (Å²) >= 11 is 0. The zero-order valence-corrected chi connectivity index (χ0v) is 14.9. The molecule has 1 nitrogen and oxygen atoms in total. The third kappa shape index (κ3) is 2.49. The van der Waals surface area contributed by atoms with Crippen molar-refractivity contribution in [1.29, 1.82) is 0 Å². The summed E-state index contributed by atoms with van der Waals surface area (Å²) in [5.74, 6) is -0.303. The van der Waals surface area contributed by atoms with Crippen LogP contribution in [-0.4, -0.2) is 0 Å². The summed E-state index contributed by atoms with van der Waals surface area (Å²) in [6.07, 6.45) is 0.145. The van der Waals surface area contributed by atoms with Crippen molar-refractivity contribution in [3.8, 4) is 11.3 Å². The van der Waals surface area contributed by atoms with Crippen molar-refractivity contribution < 1.29 is 11.7 Å². The smallest absolute Gasteiger partial charge is 0.207 e. The Morgan fingerprint density at radius 3 is 2.48 bits per heavy atom. The Hall–Kier alpha value is -2.74. The van der Waals surface area contributed by atoms with Crippen LogP contribution in [0.2, 0.25) is 0 Å². The Balaban J connectivity index is 2.32. The summed E-state index contributed by atoms with van der Waals surface area (Å²) in [6.45, 7) is 6.20. The molecule has 0 atom stereocenters. The molecule has 0 N–H and O–H groups in total. The Kier molecular flexibility index (Phi) is 3.07. The highest BCUT2D eigenvalue weighted by Crippen LogP contribution is 2.35. The van der Waals surface area contributed by atoms with Crippen LogP contribution in [0.3, 0.4) is 0 Å². The van der Waals surface area contributed by atoms with Gasteiger partial charge < -0.3 is 0 Å². The van der Waals surface area contributed by atoms with Crippen LogP contribution in [-0.2, 0) is 7.05 Å². The molecule has 0 spiro atoms. The van der Waals surface area contributed by atoms with Crippen molar-refractivity contribution in [2.75, 3.05) is 0 Å². The zero-order chi connectivity index (χ0) is 19.5. The predicted octanol–water partition coefficient (Wildman–Crippen LogP) is 5.55. The highest BCUT2D eigenvalue weighted by Gasteiger charge is 2.20. The fraction of sp³-hybridized carbons (Fsp3) is 0.174. The molecule has 4 aromatic rings. The van der Waals surface area contributed by atoms with Gasteiger partial charge in [-0.1, -0.05) is 29.8 Å². The zero-order valence-electron chi connectivity index (χ0n) is 16.9. The topological polar surface area (TPSA) is 3.88 Å². The van der Waals surface area contributed by atoms with Crippen LogP contribution >= 0.6 is 0 Å². The van der Waals surface area contributed by atoms with Gasteiger partial charge in [0.1, 0.15) is 14.2 Å². The average Bonchev–Trinajstić information content (AvgIpc) is 2.63. The summed E-state index contributed by atoms with van der Waals surface area (Å²) in [7, 11) is 1.81. The predicted molar refractivity (Wildman–Crippen MR) is 102 cm³/mol. The van der Waals surface area contributed by atoms with E-state index >= 15 is 0 Å². The van der Waals surface area contributed by atoms with Gasteiger partial charge in [0.2, 0.25) is 5.69 Å². The molecule has 4 rings (SSSR count). The maximum atomic E-state index is 14.1. The molecule has 0 bridgehead atoms. The number of hydrogen-bond donors (Lipinski definition) is 0. The highest BCUT2D eigenvalue weighted by atomic mass is 19.1. The van der Waals surface area contributed by atoms with E-state index < -0.39 is 0 Å². The van der Waals surface area contributed by atoms with Gasteiger partial charge in [0.05, 0.1) is 12.3 Å². The van der Waals surface area contributed by atoms with Gasteiger partial charge in [0, 0.05) is 6.04 Å². The molecule has 0 radical (unpaired) electrons. The van der Waals surface area contributed by atoms with Crippen LogP contribution in [0.15, 0.2) is 54.7 Å². The minimum Gasteiger partial charge on any atom is -0.207 e. The van der Waals surface area contributed by atoms with Gasteiger partial charge >= 0.3 is 0 Å². The summed E-state index contributed by atoms with van der Waals surface area (Å²) in [5, 5.41) is 3.18. The summed E-state index contributed by atoms with van der Waals surface area (Å²) in [4.78, 5) is 0. The standard InChI is InChI=1S/C23H21FN/c1-14-11-15(2)16(3)20(12-14)23-22-18(9-10-25(23)4)6-5-17-7-8-19(24)13-21(17)22/h5-13H,1-4H3/q+1/i9D,10D. The molecule has 124 valence electrons. The first kappa shape index (κ1) is 13.5. The number of fused-ring (bicyclic) bond motifs is 3. The molecule has 1 aromatic heterocycles. The third-order valence-corrected chi connectivity index (χ3v) is 4.98. The average molecular weight is 332 g/mol. The molecule has 0 aliphatic heterocycles. The summed E-state index contributed by atoms with van der Waals surface area (Å²) in [6, 6.07) is 12.9. The summed E-state index contributed by atoms with van der Waals surface area (Å²) < 4.78 is 32.7. The first-order valence-electron chi connectivity index (χ1n) is 9.39. The molecule has 25 heavy (non-hydrogen) atoms. The fourth-order valence-electron chi connectivity index (χ4n) is 3.62. The molecule has 0 saturated heterocycles. The van der Waals surface area contributed by atoms with Crippen LogP contribution < -0.4 is 4.57 Å². The molecule has 0 amide bonds. The SMILES string of the molecule is [2H]c1c([2H])[n+](C)c(-c2cc(C)cc(C)c2C)c2c1ccc1ccc(F)cc12. The van der Waals surface area contributed by atoms with Crippen molar-refractivity contribution in [2.24, 2.45) is 7.05 Å². The number of rotatable bonds is 1. The largest absolute Gasteiger partial charge is 0.221 e. The van der Waals surface area contributed by atoms with E-state index in [0.29, 0.717) is 5.39 Å². The number of aromatic nitrogens is 1. The Morgan fingerprint density at radius 1 is 0.960 bits per heavy atom. The maximum Gasteiger partial charge on any atom is 0.221 e. The minimum atomic E-state index is -0.303. The van der Waals surface area contributed by atoms with E-state index in [2.05, 4.69) is 32.9 Å². The molecule has 1 heterocycles. The lowest BCUT2D eigenvalue weighted by molar-refractivity contribution is -0.659.